The summed E-state index contributed by atoms with van der Waals surface area (Å²) < 4.78 is 85.3. The molecule has 0 spiro atoms. The molecule has 15 heteroatoms. The van der Waals surface area contributed by atoms with E-state index < -0.39 is 58.5 Å². The second-order valence-corrected chi connectivity index (χ2v) is 7.37. The van der Waals surface area contributed by atoms with Crippen LogP contribution in [0.3, 0.4) is 0 Å². The second-order valence-electron chi connectivity index (χ2n) is 7.37. The van der Waals surface area contributed by atoms with Crippen molar-refractivity contribution in [3.63, 3.8) is 0 Å². The first-order chi connectivity index (χ1) is 16.9. The van der Waals surface area contributed by atoms with Crippen LogP contribution in [-0.2, 0) is 4.79 Å². The smallest absolute Gasteiger partial charge is 0.406 e. The average molecular weight is 512 g/mol. The highest BCUT2D eigenvalue weighted by Crippen LogP contribution is 2.30. The summed E-state index contributed by atoms with van der Waals surface area (Å²) in [4.78, 5) is 20.2. The fourth-order valence-corrected chi connectivity index (χ4v) is 3.37. The summed E-state index contributed by atoms with van der Waals surface area (Å²) in [5, 5.41) is 16.2. The van der Waals surface area contributed by atoms with Gasteiger partial charge >= 0.3 is 6.36 Å². The molecule has 0 bridgehead atoms. The van der Waals surface area contributed by atoms with Gasteiger partial charge in [-0.15, -0.1) is 13.2 Å². The molecule has 0 aliphatic rings. The van der Waals surface area contributed by atoms with Gasteiger partial charge in [-0.3, -0.25) is 4.79 Å². The van der Waals surface area contributed by atoms with Gasteiger partial charge in [-0.05, 0) is 36.8 Å². The number of nitrogens with one attached hydrogen (secondary N) is 1. The van der Waals surface area contributed by atoms with Gasteiger partial charge in [0.15, 0.2) is 23.6 Å². The number of nitrogen functional groups attached to an aromatic ring is 1. The van der Waals surface area contributed by atoms with Crippen molar-refractivity contribution in [1.29, 1.82) is 0 Å². The maximum absolute atomic E-state index is 15.0. The maximum Gasteiger partial charge on any atom is 0.573 e. The molecule has 4 rings (SSSR count). The number of nitrogens with zero attached hydrogens (tertiary/aromatic N) is 4. The van der Waals surface area contributed by atoms with Gasteiger partial charge in [0.2, 0.25) is 0 Å². The molecule has 9 nitrogen and oxygen atoms in total. The fraction of sp³-hybridized carbons (Fsp3) is 0.143. The third kappa shape index (κ3) is 4.72. The monoisotopic (exact) mass is 512 g/mol. The number of fused-ring (bicyclic) bond motifs is 1. The number of aliphatic hydroxyl groups is 1. The molecule has 1 atom stereocenters. The van der Waals surface area contributed by atoms with E-state index in [1.54, 1.807) is 6.92 Å². The van der Waals surface area contributed by atoms with Gasteiger partial charge in [0, 0.05) is 6.07 Å². The van der Waals surface area contributed by atoms with Crippen LogP contribution in [0, 0.1) is 24.4 Å². The minimum Gasteiger partial charge on any atom is -0.406 e. The van der Waals surface area contributed by atoms with E-state index >= 15 is 0 Å². The Hall–Kier alpha value is -4.40. The number of alkyl halides is 3. The zero-order valence-corrected chi connectivity index (χ0v) is 17.9. The molecule has 0 saturated heterocycles. The number of amides is 1. The Bertz CT molecular complexity index is 1490. The van der Waals surface area contributed by atoms with E-state index in [4.69, 9.17) is 5.73 Å². The van der Waals surface area contributed by atoms with Gasteiger partial charge in [0.25, 0.3) is 5.91 Å². The standard InChI is InChI=1S/C21H14F6N6O3/c1-8-16-17(19(28)30-7-29-16)33(32-8)13-3-2-12(14(23)15(13)24)31-20(35)18(34)9-4-10(22)6-11(5-9)36-21(25,26)27/h2-7,18,34H,1H3,(H,31,35)(H2,28,29,30)/t18-/m1/s1. The molecule has 0 saturated carbocycles. The topological polar surface area (TPSA) is 128 Å². The minimum absolute atomic E-state index is 0.0510. The molecule has 1 amide bonds. The lowest BCUT2D eigenvalue weighted by Crippen LogP contribution is -2.22. The molecule has 2 aromatic carbocycles. The third-order valence-electron chi connectivity index (χ3n) is 4.89. The summed E-state index contributed by atoms with van der Waals surface area (Å²) in [5.41, 5.74) is 4.84. The fourth-order valence-electron chi connectivity index (χ4n) is 3.37. The van der Waals surface area contributed by atoms with E-state index in [1.165, 1.54) is 6.33 Å². The number of carbonyl (C=O) groups is 1. The summed E-state index contributed by atoms with van der Waals surface area (Å²) in [6, 6.07) is 3.53. The summed E-state index contributed by atoms with van der Waals surface area (Å²) in [6.07, 6.45) is -6.24. The summed E-state index contributed by atoms with van der Waals surface area (Å²) in [5.74, 6) is -6.72. The Morgan fingerprint density at radius 3 is 2.56 bits per heavy atom. The number of benzene rings is 2. The number of rotatable bonds is 5. The molecule has 36 heavy (non-hydrogen) atoms. The SMILES string of the molecule is Cc1nn(-c2ccc(NC(=O)[C@H](O)c3cc(F)cc(OC(F)(F)F)c3)c(F)c2F)c2c(N)ncnc12. The van der Waals surface area contributed by atoms with E-state index in [9.17, 15) is 36.2 Å². The number of aryl methyl sites for hydroxylation is 1. The summed E-state index contributed by atoms with van der Waals surface area (Å²) in [7, 11) is 0. The van der Waals surface area contributed by atoms with E-state index in [-0.39, 0.29) is 11.3 Å². The molecule has 0 aliphatic heterocycles. The van der Waals surface area contributed by atoms with Crippen molar-refractivity contribution >= 4 is 28.4 Å². The number of aromatic nitrogens is 4. The van der Waals surface area contributed by atoms with Crippen LogP contribution in [0.2, 0.25) is 0 Å². The van der Waals surface area contributed by atoms with E-state index in [0.29, 0.717) is 29.4 Å². The minimum atomic E-state index is -5.16. The molecule has 2 aromatic heterocycles. The van der Waals surface area contributed by atoms with Crippen molar-refractivity contribution in [2.24, 2.45) is 0 Å². The largest absolute Gasteiger partial charge is 0.573 e. The Kier molecular flexibility index (Phi) is 6.17. The third-order valence-corrected chi connectivity index (χ3v) is 4.89. The molecule has 4 aromatic rings. The molecule has 188 valence electrons. The van der Waals surface area contributed by atoms with Gasteiger partial charge in [-0.1, -0.05) is 0 Å². The second kappa shape index (κ2) is 8.99. The van der Waals surface area contributed by atoms with Crippen LogP contribution in [0.1, 0.15) is 17.4 Å². The van der Waals surface area contributed by atoms with E-state index in [1.807, 2.05) is 5.32 Å². The number of aliphatic hydroxyl groups excluding tert-OH is 1. The Labute approximate surface area is 197 Å². The molecule has 0 fully saturated rings. The van der Waals surface area contributed by atoms with Crippen LogP contribution < -0.4 is 15.8 Å². The van der Waals surface area contributed by atoms with Crippen LogP contribution in [0.25, 0.3) is 16.7 Å². The van der Waals surface area contributed by atoms with Gasteiger partial charge in [-0.25, -0.2) is 27.8 Å². The zero-order chi connectivity index (χ0) is 26.4. The number of carbonyl (C=O) groups excluding carboxylic acids is 1. The van der Waals surface area contributed by atoms with Crippen LogP contribution in [0.4, 0.5) is 37.8 Å². The number of halogens is 6. The van der Waals surface area contributed by atoms with Crippen LogP contribution in [0.15, 0.2) is 36.7 Å². The lowest BCUT2D eigenvalue weighted by molar-refractivity contribution is -0.274. The first-order valence-corrected chi connectivity index (χ1v) is 9.85. The van der Waals surface area contributed by atoms with E-state index in [2.05, 4.69) is 19.8 Å². The van der Waals surface area contributed by atoms with Gasteiger partial charge < -0.3 is 20.9 Å². The first-order valence-electron chi connectivity index (χ1n) is 9.85. The molecular formula is C21H14F6N6O3. The number of hydrogen-bond donors (Lipinski definition) is 3. The van der Waals surface area contributed by atoms with Crippen LogP contribution >= 0.6 is 0 Å². The van der Waals surface area contributed by atoms with Gasteiger partial charge in [0.05, 0.1) is 11.4 Å². The van der Waals surface area contributed by atoms with Crippen molar-refractivity contribution in [2.75, 3.05) is 11.1 Å². The van der Waals surface area contributed by atoms with Crippen molar-refractivity contribution in [3.8, 4) is 11.4 Å². The zero-order valence-electron chi connectivity index (χ0n) is 17.9. The van der Waals surface area contributed by atoms with Crippen molar-refractivity contribution in [2.45, 2.75) is 19.4 Å². The van der Waals surface area contributed by atoms with Gasteiger partial charge in [-0.2, -0.15) is 5.10 Å². The summed E-state index contributed by atoms with van der Waals surface area (Å²) >= 11 is 0. The van der Waals surface area contributed by atoms with Gasteiger partial charge in [0.1, 0.15) is 34.6 Å². The van der Waals surface area contributed by atoms with Crippen molar-refractivity contribution in [3.05, 3.63) is 65.4 Å². The lowest BCUT2D eigenvalue weighted by Gasteiger charge is -2.15. The quantitative estimate of drug-likeness (QED) is 0.348. The van der Waals surface area contributed by atoms with E-state index in [0.717, 1.165) is 16.8 Å². The Morgan fingerprint density at radius 2 is 1.86 bits per heavy atom. The lowest BCUT2D eigenvalue weighted by atomic mass is 10.1. The predicted octanol–water partition coefficient (Wildman–Crippen LogP) is 3.69. The maximum atomic E-state index is 15.0. The summed E-state index contributed by atoms with van der Waals surface area (Å²) in [6.45, 7) is 1.56. The van der Waals surface area contributed by atoms with Crippen molar-refractivity contribution in [1.82, 2.24) is 19.7 Å². The first kappa shape index (κ1) is 24.7. The number of hydrogen-bond acceptors (Lipinski definition) is 7. The highest BCUT2D eigenvalue weighted by molar-refractivity contribution is 5.95. The van der Waals surface area contributed by atoms with Crippen molar-refractivity contribution < 1.29 is 41.0 Å². The molecular weight excluding hydrogens is 498 g/mol. The molecule has 4 N–H and O–H groups in total. The number of ether oxygens (including phenoxy) is 1. The average Bonchev–Trinajstić information content (AvgIpc) is 3.12. The highest BCUT2D eigenvalue weighted by atomic mass is 19.4. The molecule has 0 radical (unpaired) electrons. The number of nitrogens with two attached hydrogens (primary N) is 1. The number of anilines is 2. The normalized spacial score (nSPS) is 12.6. The molecule has 0 unspecified atom stereocenters. The highest BCUT2D eigenvalue weighted by Gasteiger charge is 2.32. The van der Waals surface area contributed by atoms with Crippen LogP contribution in [0.5, 0.6) is 5.75 Å². The Balaban J connectivity index is 1.63. The predicted molar refractivity (Wildman–Crippen MR) is 112 cm³/mol. The molecule has 0 aliphatic carbocycles. The van der Waals surface area contributed by atoms with Crippen LogP contribution in [-0.4, -0.2) is 37.1 Å². The Morgan fingerprint density at radius 1 is 1.14 bits per heavy atom. The molecule has 2 heterocycles.